The number of fused-ring (bicyclic) bond motifs is 2. The molecule has 2 bridgehead atoms. The number of carbonyl (C=O) groups excluding carboxylic acids is 1. The zero-order valence-corrected chi connectivity index (χ0v) is 17.6. The summed E-state index contributed by atoms with van der Waals surface area (Å²) in [6.45, 7) is 10.9. The molecule has 5 nitrogen and oxygen atoms in total. The maximum atomic E-state index is 12.3. The van der Waals surface area contributed by atoms with Crippen LogP contribution in [0.1, 0.15) is 52.0 Å². The first-order chi connectivity index (χ1) is 13.4. The second kappa shape index (κ2) is 8.03. The van der Waals surface area contributed by atoms with Gasteiger partial charge in [-0.1, -0.05) is 30.3 Å². The lowest BCUT2D eigenvalue weighted by molar-refractivity contribution is -0.00795. The molecule has 28 heavy (non-hydrogen) atoms. The monoisotopic (exact) mass is 385 g/mol. The summed E-state index contributed by atoms with van der Waals surface area (Å²) in [7, 11) is 0. The van der Waals surface area contributed by atoms with Gasteiger partial charge in [-0.2, -0.15) is 0 Å². The molecule has 0 saturated carbocycles. The Balaban J connectivity index is 1.30. The van der Waals surface area contributed by atoms with Crippen LogP contribution in [0.5, 0.6) is 0 Å². The summed E-state index contributed by atoms with van der Waals surface area (Å²) in [6.07, 6.45) is 4.64. The Morgan fingerprint density at radius 2 is 1.57 bits per heavy atom. The van der Waals surface area contributed by atoms with Crippen LogP contribution in [0.15, 0.2) is 30.3 Å². The fourth-order valence-electron chi connectivity index (χ4n) is 5.26. The van der Waals surface area contributed by atoms with E-state index in [0.29, 0.717) is 18.1 Å². The average Bonchev–Trinajstić information content (AvgIpc) is 2.92. The van der Waals surface area contributed by atoms with Crippen LogP contribution in [0.4, 0.5) is 4.79 Å². The minimum absolute atomic E-state index is 0.151. The molecule has 3 heterocycles. The van der Waals surface area contributed by atoms with Crippen molar-refractivity contribution in [2.24, 2.45) is 0 Å². The van der Waals surface area contributed by atoms with E-state index in [1.807, 2.05) is 25.7 Å². The van der Waals surface area contributed by atoms with E-state index in [1.165, 1.54) is 31.5 Å². The first-order valence-corrected chi connectivity index (χ1v) is 10.9. The van der Waals surface area contributed by atoms with Crippen LogP contribution >= 0.6 is 0 Å². The van der Waals surface area contributed by atoms with Crippen LogP contribution in [-0.4, -0.2) is 70.7 Å². The van der Waals surface area contributed by atoms with Gasteiger partial charge < -0.3 is 9.64 Å². The van der Waals surface area contributed by atoms with Gasteiger partial charge in [0.2, 0.25) is 0 Å². The lowest BCUT2D eigenvalue weighted by Crippen LogP contribution is -2.59. The molecule has 1 aromatic rings. The number of carbonyl (C=O) groups is 1. The average molecular weight is 386 g/mol. The number of benzene rings is 1. The van der Waals surface area contributed by atoms with Gasteiger partial charge in [0, 0.05) is 50.8 Å². The van der Waals surface area contributed by atoms with Crippen molar-refractivity contribution in [2.75, 3.05) is 26.2 Å². The van der Waals surface area contributed by atoms with Crippen molar-refractivity contribution in [3.63, 3.8) is 0 Å². The molecule has 0 N–H and O–H groups in total. The highest BCUT2D eigenvalue weighted by Crippen LogP contribution is 2.35. The van der Waals surface area contributed by atoms with Crippen LogP contribution in [0, 0.1) is 0 Å². The molecule has 0 radical (unpaired) electrons. The molecule has 0 aliphatic carbocycles. The minimum Gasteiger partial charge on any atom is -0.444 e. The third-order valence-electron chi connectivity index (χ3n) is 6.40. The normalized spacial score (nSPS) is 27.2. The maximum Gasteiger partial charge on any atom is 0.410 e. The number of piperazine rings is 1. The molecule has 1 aromatic carbocycles. The summed E-state index contributed by atoms with van der Waals surface area (Å²) in [6, 6.07) is 12.8. The smallest absolute Gasteiger partial charge is 0.410 e. The van der Waals surface area contributed by atoms with Crippen LogP contribution in [-0.2, 0) is 11.3 Å². The van der Waals surface area contributed by atoms with Crippen molar-refractivity contribution in [3.05, 3.63) is 35.9 Å². The highest BCUT2D eigenvalue weighted by molar-refractivity contribution is 5.68. The molecule has 3 saturated heterocycles. The molecule has 0 aromatic heterocycles. The molecular formula is C23H35N3O2. The first kappa shape index (κ1) is 19.7. The Morgan fingerprint density at radius 1 is 0.964 bits per heavy atom. The number of amides is 1. The number of nitrogens with zero attached hydrogens (tertiary/aromatic N) is 3. The van der Waals surface area contributed by atoms with Crippen molar-refractivity contribution in [1.82, 2.24) is 14.7 Å². The van der Waals surface area contributed by atoms with E-state index in [1.54, 1.807) is 0 Å². The van der Waals surface area contributed by atoms with Crippen molar-refractivity contribution in [2.45, 2.75) is 76.7 Å². The standard InChI is InChI=1S/C23H35N3O2/c1-23(2,3)28-22(27)25-13-11-19(12-14-25)26-20-9-10-21(26)17-24(16-20)15-18-7-5-4-6-8-18/h4-8,19-21H,9-17H2,1-3H3. The number of rotatable bonds is 3. The van der Waals surface area contributed by atoms with Gasteiger partial charge in [-0.05, 0) is 52.0 Å². The fraction of sp³-hybridized carbons (Fsp3) is 0.696. The number of likely N-dealkylation sites (tertiary alicyclic amines) is 2. The van der Waals surface area contributed by atoms with Gasteiger partial charge in [0.05, 0.1) is 0 Å². The van der Waals surface area contributed by atoms with Crippen LogP contribution in [0.3, 0.4) is 0 Å². The second-order valence-corrected chi connectivity index (χ2v) is 9.71. The van der Waals surface area contributed by atoms with E-state index in [2.05, 4.69) is 40.1 Å². The van der Waals surface area contributed by atoms with E-state index in [4.69, 9.17) is 4.74 Å². The Bertz CT molecular complexity index is 650. The predicted octanol–water partition coefficient (Wildman–Crippen LogP) is 3.73. The number of ether oxygens (including phenoxy) is 1. The molecule has 3 aliphatic heterocycles. The van der Waals surface area contributed by atoms with Gasteiger partial charge in [0.1, 0.15) is 5.60 Å². The summed E-state index contributed by atoms with van der Waals surface area (Å²) in [5, 5.41) is 0. The van der Waals surface area contributed by atoms with Crippen LogP contribution in [0.2, 0.25) is 0 Å². The first-order valence-electron chi connectivity index (χ1n) is 10.9. The third kappa shape index (κ3) is 4.52. The highest BCUT2D eigenvalue weighted by atomic mass is 16.6. The molecule has 3 aliphatic rings. The molecule has 2 atom stereocenters. The van der Waals surface area contributed by atoms with E-state index >= 15 is 0 Å². The topological polar surface area (TPSA) is 36.0 Å². The molecular weight excluding hydrogens is 350 g/mol. The summed E-state index contributed by atoms with van der Waals surface area (Å²) in [5.41, 5.74) is 1.00. The summed E-state index contributed by atoms with van der Waals surface area (Å²) < 4.78 is 5.55. The van der Waals surface area contributed by atoms with Crippen molar-refractivity contribution in [1.29, 1.82) is 0 Å². The minimum atomic E-state index is -0.415. The number of hydrogen-bond acceptors (Lipinski definition) is 4. The Morgan fingerprint density at radius 3 is 2.14 bits per heavy atom. The zero-order chi connectivity index (χ0) is 19.7. The number of hydrogen-bond donors (Lipinski definition) is 0. The zero-order valence-electron chi connectivity index (χ0n) is 17.6. The molecule has 0 spiro atoms. The lowest BCUT2D eigenvalue weighted by atomic mass is 9.99. The van der Waals surface area contributed by atoms with Gasteiger partial charge in [-0.3, -0.25) is 9.80 Å². The van der Waals surface area contributed by atoms with E-state index < -0.39 is 5.60 Å². The SMILES string of the molecule is CC(C)(C)OC(=O)N1CCC(N2C3CCC2CN(Cc2ccccc2)C3)CC1. The fourth-order valence-corrected chi connectivity index (χ4v) is 5.26. The Kier molecular flexibility index (Phi) is 5.66. The van der Waals surface area contributed by atoms with E-state index in [0.717, 1.165) is 32.5 Å². The molecule has 4 rings (SSSR count). The Hall–Kier alpha value is -1.59. The van der Waals surface area contributed by atoms with Crippen molar-refractivity contribution < 1.29 is 9.53 Å². The molecule has 154 valence electrons. The van der Waals surface area contributed by atoms with Crippen molar-refractivity contribution >= 4 is 6.09 Å². The van der Waals surface area contributed by atoms with Gasteiger partial charge in [0.25, 0.3) is 0 Å². The van der Waals surface area contributed by atoms with Gasteiger partial charge in [-0.25, -0.2) is 4.79 Å². The van der Waals surface area contributed by atoms with E-state index in [9.17, 15) is 4.79 Å². The van der Waals surface area contributed by atoms with E-state index in [-0.39, 0.29) is 6.09 Å². The van der Waals surface area contributed by atoms with Gasteiger partial charge in [-0.15, -0.1) is 0 Å². The maximum absolute atomic E-state index is 12.3. The molecule has 1 amide bonds. The summed E-state index contributed by atoms with van der Waals surface area (Å²) >= 11 is 0. The highest BCUT2D eigenvalue weighted by Gasteiger charge is 2.44. The molecule has 3 fully saturated rings. The Labute approximate surface area is 169 Å². The quantitative estimate of drug-likeness (QED) is 0.794. The van der Waals surface area contributed by atoms with Gasteiger partial charge >= 0.3 is 6.09 Å². The summed E-state index contributed by atoms with van der Waals surface area (Å²) in [5.74, 6) is 0. The summed E-state index contributed by atoms with van der Waals surface area (Å²) in [4.78, 5) is 19.7. The molecule has 5 heteroatoms. The number of piperidine rings is 1. The molecule has 2 unspecified atom stereocenters. The van der Waals surface area contributed by atoms with Crippen LogP contribution < -0.4 is 0 Å². The largest absolute Gasteiger partial charge is 0.444 e. The van der Waals surface area contributed by atoms with Crippen molar-refractivity contribution in [3.8, 4) is 0 Å². The lowest BCUT2D eigenvalue weighted by Gasteiger charge is -2.47. The third-order valence-corrected chi connectivity index (χ3v) is 6.40. The van der Waals surface area contributed by atoms with Crippen LogP contribution in [0.25, 0.3) is 0 Å². The predicted molar refractivity (Wildman–Crippen MR) is 111 cm³/mol. The van der Waals surface area contributed by atoms with Gasteiger partial charge in [0.15, 0.2) is 0 Å². The second-order valence-electron chi connectivity index (χ2n) is 9.71.